The largest absolute Gasteiger partial charge is 0.236 e. The molecule has 10 heteroatoms. The topological polar surface area (TPSA) is 88.3 Å². The molecule has 1 rings (SSSR count). The number of aliphatic imine (C=N–C) groups is 3. The Morgan fingerprint density at radius 3 is 1.96 bits per heavy atom. The van der Waals surface area contributed by atoms with Gasteiger partial charge >= 0.3 is 0 Å². The highest BCUT2D eigenvalue weighted by molar-refractivity contribution is 8.09. The maximum atomic E-state index is 10.4. The van der Waals surface area contributed by atoms with Gasteiger partial charge in [-0.1, -0.05) is 6.92 Å². The molecule has 1 aliphatic rings. The average molecular weight is 406 g/mol. The summed E-state index contributed by atoms with van der Waals surface area (Å²) in [6, 6.07) is 0. The second kappa shape index (κ2) is 13.8. The first-order valence-electron chi connectivity index (χ1n) is 7.37. The van der Waals surface area contributed by atoms with Crippen LogP contribution in [0.4, 0.5) is 0 Å². The zero-order valence-electron chi connectivity index (χ0n) is 13.3. The second-order valence-electron chi connectivity index (χ2n) is 4.77. The van der Waals surface area contributed by atoms with E-state index in [1.165, 1.54) is 23.9 Å². The number of hydrogen-bond acceptors (Lipinski definition) is 10. The van der Waals surface area contributed by atoms with E-state index in [9.17, 15) is 14.4 Å². The fourth-order valence-electron chi connectivity index (χ4n) is 1.82. The number of hydrogen-bond donors (Lipinski definition) is 0. The van der Waals surface area contributed by atoms with E-state index in [0.717, 1.165) is 29.4 Å². The molecule has 0 radical (unpaired) electrons. The Balaban J connectivity index is 2.28. The van der Waals surface area contributed by atoms with Crippen LogP contribution in [-0.4, -0.2) is 69.0 Å². The Hall–Kier alpha value is -0.460. The van der Waals surface area contributed by atoms with Crippen molar-refractivity contribution >= 4 is 65.3 Å². The van der Waals surface area contributed by atoms with E-state index in [2.05, 4.69) is 15.0 Å². The summed E-state index contributed by atoms with van der Waals surface area (Å²) in [5.74, 6) is 3.92. The number of carbonyl (C=O) groups excluding carboxylic acids is 3. The van der Waals surface area contributed by atoms with Gasteiger partial charge in [0.2, 0.25) is 18.2 Å². The summed E-state index contributed by atoms with van der Waals surface area (Å²) in [5, 5.41) is 0.706. The number of nitrogens with zero attached hydrogens (tertiary/aromatic N) is 3. The predicted molar refractivity (Wildman–Crippen MR) is 105 cm³/mol. The third-order valence-corrected chi connectivity index (χ3v) is 9.33. The summed E-state index contributed by atoms with van der Waals surface area (Å²) < 4.78 is 0. The number of rotatable bonds is 11. The lowest BCUT2D eigenvalue weighted by Crippen LogP contribution is -2.26. The first-order chi connectivity index (χ1) is 11.7. The molecule has 24 heavy (non-hydrogen) atoms. The lowest BCUT2D eigenvalue weighted by molar-refractivity contribution is 0.559. The molecule has 0 bridgehead atoms. The van der Waals surface area contributed by atoms with Crippen LogP contribution in [0.1, 0.15) is 13.3 Å². The molecule has 0 aromatic rings. The molecule has 0 spiro atoms. The Labute approximate surface area is 158 Å². The van der Waals surface area contributed by atoms with Crippen molar-refractivity contribution in [2.45, 2.75) is 34.6 Å². The van der Waals surface area contributed by atoms with Crippen LogP contribution in [-0.2, 0) is 14.4 Å². The first-order valence-corrected chi connectivity index (χ1v) is 11.6. The molecule has 0 N–H and O–H groups in total. The highest BCUT2D eigenvalue weighted by Gasteiger charge is 2.24. The van der Waals surface area contributed by atoms with Gasteiger partial charge in [0.15, 0.2) is 0 Å². The lowest BCUT2D eigenvalue weighted by atomic mass is 10.5. The van der Waals surface area contributed by atoms with Gasteiger partial charge in [-0.3, -0.25) is 0 Å². The van der Waals surface area contributed by atoms with Gasteiger partial charge in [-0.15, -0.1) is 23.5 Å². The summed E-state index contributed by atoms with van der Waals surface area (Å²) in [6.45, 7) is 2.18. The van der Waals surface area contributed by atoms with Gasteiger partial charge in [0.05, 0.1) is 6.54 Å². The molecule has 0 saturated carbocycles. The summed E-state index contributed by atoms with van der Waals surface area (Å²) in [7, 11) is 0. The quantitative estimate of drug-likeness (QED) is 0.386. The summed E-state index contributed by atoms with van der Waals surface area (Å²) >= 11 is 7.09. The van der Waals surface area contributed by atoms with Crippen molar-refractivity contribution in [3.05, 3.63) is 0 Å². The van der Waals surface area contributed by atoms with Gasteiger partial charge in [0.25, 0.3) is 0 Å². The summed E-state index contributed by atoms with van der Waals surface area (Å²) in [6.07, 6.45) is 5.47. The Morgan fingerprint density at radius 1 is 0.958 bits per heavy atom. The fourth-order valence-corrected chi connectivity index (χ4v) is 7.57. The smallest absolute Gasteiger partial charge is 0.211 e. The summed E-state index contributed by atoms with van der Waals surface area (Å²) in [5.41, 5.74) is 0. The van der Waals surface area contributed by atoms with E-state index in [-0.39, 0.29) is 17.3 Å². The van der Waals surface area contributed by atoms with Crippen LogP contribution in [0.25, 0.3) is 0 Å². The molecule has 1 saturated heterocycles. The number of thioether (sulfide) groups is 4. The minimum absolute atomic E-state index is 0.0155. The van der Waals surface area contributed by atoms with Crippen LogP contribution in [0.15, 0.2) is 15.0 Å². The Morgan fingerprint density at radius 2 is 1.50 bits per heavy atom. The van der Waals surface area contributed by atoms with E-state index >= 15 is 0 Å². The normalized spacial score (nSPS) is 22.4. The molecule has 0 aromatic heterocycles. The van der Waals surface area contributed by atoms with Gasteiger partial charge in [-0.05, 0) is 6.42 Å². The zero-order chi connectivity index (χ0) is 17.6. The van der Waals surface area contributed by atoms with Crippen LogP contribution in [0.3, 0.4) is 0 Å². The Kier molecular flexibility index (Phi) is 12.4. The molecule has 4 atom stereocenters. The molecule has 1 heterocycles. The molecular weight excluding hydrogens is 386 g/mol. The molecule has 4 unspecified atom stereocenters. The molecular formula is C14H19N3O3S4. The van der Waals surface area contributed by atoms with Crippen molar-refractivity contribution in [2.75, 3.05) is 29.6 Å². The fraction of sp³-hybridized carbons (Fsp3) is 0.786. The third kappa shape index (κ3) is 9.14. The van der Waals surface area contributed by atoms with E-state index in [1.807, 2.05) is 30.4 Å². The standard InChI is InChI=1S/C14H19N3O3S4/c1-2-13(16-9-19)23-6-11-4-22-12(5-21-11)7-24-14(17-10-20)3-15-8-18/h11-14H,2-7H2,1H3. The molecule has 0 aromatic carbocycles. The van der Waals surface area contributed by atoms with Gasteiger partial charge in [0.1, 0.15) is 10.7 Å². The van der Waals surface area contributed by atoms with Crippen LogP contribution in [0, 0.1) is 0 Å². The van der Waals surface area contributed by atoms with Gasteiger partial charge in [-0.25, -0.2) is 19.4 Å². The molecule has 1 fully saturated rings. The molecule has 132 valence electrons. The monoisotopic (exact) mass is 405 g/mol. The van der Waals surface area contributed by atoms with Crippen LogP contribution in [0.5, 0.6) is 0 Å². The molecule has 0 aliphatic carbocycles. The first kappa shape index (κ1) is 21.6. The van der Waals surface area contributed by atoms with Crippen molar-refractivity contribution in [3.8, 4) is 0 Å². The minimum Gasteiger partial charge on any atom is -0.211 e. The van der Waals surface area contributed by atoms with Crippen molar-refractivity contribution in [2.24, 2.45) is 15.0 Å². The van der Waals surface area contributed by atoms with Crippen molar-refractivity contribution in [1.29, 1.82) is 0 Å². The van der Waals surface area contributed by atoms with E-state index in [0.29, 0.717) is 10.5 Å². The minimum atomic E-state index is -0.352. The van der Waals surface area contributed by atoms with Crippen molar-refractivity contribution < 1.29 is 14.4 Å². The number of isocyanates is 3. The lowest BCUT2D eigenvalue weighted by Gasteiger charge is -2.28. The highest BCUT2D eigenvalue weighted by Crippen LogP contribution is 2.35. The van der Waals surface area contributed by atoms with E-state index < -0.39 is 0 Å². The van der Waals surface area contributed by atoms with E-state index in [4.69, 9.17) is 0 Å². The highest BCUT2D eigenvalue weighted by atomic mass is 32.2. The third-order valence-electron chi connectivity index (χ3n) is 3.04. The molecule has 0 amide bonds. The average Bonchev–Trinajstić information content (AvgIpc) is 2.62. The van der Waals surface area contributed by atoms with Crippen LogP contribution in [0.2, 0.25) is 0 Å². The Bertz CT molecular complexity index is 509. The SMILES string of the molecule is CCC(N=C=O)SCC1CSC(CSC(CN=C=O)N=C=O)CS1. The van der Waals surface area contributed by atoms with Crippen LogP contribution < -0.4 is 0 Å². The molecule has 1 aliphatic heterocycles. The van der Waals surface area contributed by atoms with E-state index in [1.54, 1.807) is 17.8 Å². The summed E-state index contributed by atoms with van der Waals surface area (Å²) in [4.78, 5) is 41.8. The maximum Gasteiger partial charge on any atom is 0.236 e. The van der Waals surface area contributed by atoms with Crippen molar-refractivity contribution in [3.63, 3.8) is 0 Å². The van der Waals surface area contributed by atoms with Gasteiger partial charge in [-0.2, -0.15) is 33.5 Å². The van der Waals surface area contributed by atoms with Crippen LogP contribution >= 0.6 is 47.0 Å². The zero-order valence-corrected chi connectivity index (χ0v) is 16.5. The molecule has 6 nitrogen and oxygen atoms in total. The maximum absolute atomic E-state index is 10.4. The predicted octanol–water partition coefficient (Wildman–Crippen LogP) is 2.74. The van der Waals surface area contributed by atoms with Gasteiger partial charge < -0.3 is 0 Å². The van der Waals surface area contributed by atoms with Crippen molar-refractivity contribution in [1.82, 2.24) is 0 Å². The van der Waals surface area contributed by atoms with Gasteiger partial charge in [0, 0.05) is 33.5 Å². The second-order valence-corrected chi connectivity index (χ2v) is 9.86.